The molecule has 0 saturated carbocycles. The number of hydrogen-bond donors (Lipinski definition) is 2. The summed E-state index contributed by atoms with van der Waals surface area (Å²) in [6, 6.07) is 15.6. The van der Waals surface area contributed by atoms with Crippen molar-refractivity contribution in [1.82, 2.24) is 10.2 Å². The fraction of sp³-hybridized carbons (Fsp3) is 0. The minimum absolute atomic E-state index is 0.177. The molecule has 1 heterocycles. The van der Waals surface area contributed by atoms with E-state index in [-0.39, 0.29) is 11.2 Å². The van der Waals surface area contributed by atoms with Gasteiger partial charge in [-0.3, -0.25) is 15.0 Å². The van der Waals surface area contributed by atoms with Crippen molar-refractivity contribution in [2.45, 2.75) is 0 Å². The minimum atomic E-state index is -0.368. The summed E-state index contributed by atoms with van der Waals surface area (Å²) in [4.78, 5) is 11.9. The zero-order valence-corrected chi connectivity index (χ0v) is 12.5. The van der Waals surface area contributed by atoms with Gasteiger partial charge in [-0.05, 0) is 36.4 Å². The average molecular weight is 324 g/mol. The lowest BCUT2D eigenvalue weighted by molar-refractivity contribution is 1.06. The van der Waals surface area contributed by atoms with Gasteiger partial charge in [0.25, 0.3) is 5.56 Å². The van der Waals surface area contributed by atoms with Gasteiger partial charge in [0, 0.05) is 10.6 Å². The molecule has 0 saturated heterocycles. The molecule has 6 nitrogen and oxygen atoms in total. The standard InChI is InChI=1S/C16H10ClN5O/c17-12-5-3-11(4-6-12)14-15(16(23)22-20-14)21-19-13-7-1-10(9-18)2-8-13/h1-8H,(H2,20,22,23). The lowest BCUT2D eigenvalue weighted by Gasteiger charge is -1.99. The third kappa shape index (κ3) is 3.20. The Morgan fingerprint density at radius 3 is 2.30 bits per heavy atom. The molecule has 112 valence electrons. The highest BCUT2D eigenvalue weighted by molar-refractivity contribution is 6.30. The summed E-state index contributed by atoms with van der Waals surface area (Å²) in [5.41, 5.74) is 2.19. The third-order valence-electron chi connectivity index (χ3n) is 3.15. The van der Waals surface area contributed by atoms with E-state index >= 15 is 0 Å². The molecule has 2 N–H and O–H groups in total. The van der Waals surface area contributed by atoms with E-state index in [0.717, 1.165) is 5.56 Å². The minimum Gasteiger partial charge on any atom is -0.295 e. The molecule has 0 atom stereocenters. The molecule has 1 aromatic heterocycles. The Hall–Kier alpha value is -3.17. The van der Waals surface area contributed by atoms with Crippen molar-refractivity contribution in [3.05, 3.63) is 69.5 Å². The van der Waals surface area contributed by atoms with Gasteiger partial charge in [-0.15, -0.1) is 5.11 Å². The highest BCUT2D eigenvalue weighted by Crippen LogP contribution is 2.27. The van der Waals surface area contributed by atoms with Gasteiger partial charge in [0.1, 0.15) is 0 Å². The molecule has 0 radical (unpaired) electrons. The molecule has 0 aliphatic carbocycles. The number of nitrogens with one attached hydrogen (secondary N) is 2. The predicted octanol–water partition coefficient (Wildman–Crippen LogP) is 4.31. The van der Waals surface area contributed by atoms with Crippen LogP contribution in [0.2, 0.25) is 5.02 Å². The fourth-order valence-electron chi connectivity index (χ4n) is 1.98. The summed E-state index contributed by atoms with van der Waals surface area (Å²) in [7, 11) is 0. The lowest BCUT2D eigenvalue weighted by Crippen LogP contribution is -1.96. The maximum Gasteiger partial charge on any atom is 0.292 e. The normalized spacial score (nSPS) is 10.8. The van der Waals surface area contributed by atoms with Crippen molar-refractivity contribution in [2.24, 2.45) is 10.2 Å². The summed E-state index contributed by atoms with van der Waals surface area (Å²) >= 11 is 5.87. The maximum atomic E-state index is 11.9. The molecule has 2 aromatic carbocycles. The number of nitriles is 1. The SMILES string of the molecule is N#Cc1ccc(N=Nc2c(-c3ccc(Cl)cc3)[nH][nH]c2=O)cc1. The fourth-order valence-corrected chi connectivity index (χ4v) is 2.11. The molecule has 23 heavy (non-hydrogen) atoms. The van der Waals surface area contributed by atoms with Crippen LogP contribution in [-0.4, -0.2) is 10.2 Å². The van der Waals surface area contributed by atoms with Crippen LogP contribution in [0.4, 0.5) is 11.4 Å². The van der Waals surface area contributed by atoms with Crippen LogP contribution in [0.25, 0.3) is 11.3 Å². The quantitative estimate of drug-likeness (QED) is 0.702. The Balaban J connectivity index is 1.95. The van der Waals surface area contributed by atoms with Gasteiger partial charge in [-0.25, -0.2) is 0 Å². The zero-order valence-electron chi connectivity index (χ0n) is 11.7. The zero-order chi connectivity index (χ0) is 16.2. The van der Waals surface area contributed by atoms with Gasteiger partial charge in [0.05, 0.1) is 23.0 Å². The van der Waals surface area contributed by atoms with Crippen molar-refractivity contribution in [2.75, 3.05) is 0 Å². The topological polar surface area (TPSA) is 97.2 Å². The van der Waals surface area contributed by atoms with E-state index in [4.69, 9.17) is 16.9 Å². The number of halogens is 1. The molecule has 0 unspecified atom stereocenters. The number of aromatic nitrogens is 2. The van der Waals surface area contributed by atoms with Crippen LogP contribution in [0.1, 0.15) is 5.56 Å². The molecule has 0 spiro atoms. The molecule has 0 fully saturated rings. The summed E-state index contributed by atoms with van der Waals surface area (Å²) in [6.45, 7) is 0. The second-order valence-electron chi connectivity index (χ2n) is 4.67. The van der Waals surface area contributed by atoms with E-state index in [1.54, 1.807) is 48.5 Å². The molecular formula is C16H10ClN5O. The number of H-pyrrole nitrogens is 2. The third-order valence-corrected chi connectivity index (χ3v) is 3.40. The Labute approximate surface area is 136 Å². The van der Waals surface area contributed by atoms with E-state index in [0.29, 0.717) is 22.0 Å². The smallest absolute Gasteiger partial charge is 0.292 e. The molecule has 0 amide bonds. The van der Waals surface area contributed by atoms with E-state index < -0.39 is 0 Å². The molecule has 0 aliphatic heterocycles. The number of azo groups is 1. The van der Waals surface area contributed by atoms with Crippen LogP contribution < -0.4 is 5.56 Å². The van der Waals surface area contributed by atoms with Crippen molar-refractivity contribution < 1.29 is 0 Å². The first-order valence-electron chi connectivity index (χ1n) is 6.66. The first-order valence-corrected chi connectivity index (χ1v) is 7.03. The van der Waals surface area contributed by atoms with Gasteiger partial charge in [0.15, 0.2) is 5.69 Å². The van der Waals surface area contributed by atoms with E-state index in [2.05, 4.69) is 20.4 Å². The van der Waals surface area contributed by atoms with Crippen LogP contribution in [0.3, 0.4) is 0 Å². The molecule has 3 aromatic rings. The van der Waals surface area contributed by atoms with Crippen molar-refractivity contribution in [1.29, 1.82) is 5.26 Å². The van der Waals surface area contributed by atoms with Gasteiger partial charge in [-0.2, -0.15) is 10.4 Å². The average Bonchev–Trinajstić information content (AvgIpc) is 2.95. The summed E-state index contributed by atoms with van der Waals surface area (Å²) in [6.07, 6.45) is 0. The number of aromatic amines is 2. The van der Waals surface area contributed by atoms with E-state index in [1.165, 1.54) is 0 Å². The van der Waals surface area contributed by atoms with Crippen LogP contribution in [0.15, 0.2) is 63.6 Å². The lowest BCUT2D eigenvalue weighted by atomic mass is 10.1. The van der Waals surface area contributed by atoms with Gasteiger partial charge in [0.2, 0.25) is 0 Å². The second kappa shape index (κ2) is 6.30. The number of rotatable bonds is 3. The Morgan fingerprint density at radius 1 is 0.957 bits per heavy atom. The Kier molecular flexibility index (Phi) is 4.04. The maximum absolute atomic E-state index is 11.9. The molecule has 7 heteroatoms. The number of benzene rings is 2. The highest BCUT2D eigenvalue weighted by atomic mass is 35.5. The van der Waals surface area contributed by atoms with Gasteiger partial charge < -0.3 is 0 Å². The molecule has 0 aliphatic rings. The monoisotopic (exact) mass is 323 g/mol. The summed E-state index contributed by atoms with van der Waals surface area (Å²) in [5, 5.41) is 22.7. The Bertz CT molecular complexity index is 946. The van der Waals surface area contributed by atoms with Crippen molar-refractivity contribution in [3.8, 4) is 17.3 Å². The number of hydrogen-bond acceptors (Lipinski definition) is 4. The van der Waals surface area contributed by atoms with Crippen molar-refractivity contribution >= 4 is 23.0 Å². The van der Waals surface area contributed by atoms with Gasteiger partial charge >= 0.3 is 0 Å². The van der Waals surface area contributed by atoms with Crippen LogP contribution in [-0.2, 0) is 0 Å². The predicted molar refractivity (Wildman–Crippen MR) is 87.2 cm³/mol. The van der Waals surface area contributed by atoms with E-state index in [9.17, 15) is 4.79 Å². The van der Waals surface area contributed by atoms with Crippen molar-refractivity contribution in [3.63, 3.8) is 0 Å². The molecule has 3 rings (SSSR count). The molecule has 0 bridgehead atoms. The van der Waals surface area contributed by atoms with Crippen LogP contribution >= 0.6 is 11.6 Å². The largest absolute Gasteiger partial charge is 0.295 e. The summed E-state index contributed by atoms with van der Waals surface area (Å²) in [5.74, 6) is 0. The van der Waals surface area contributed by atoms with Crippen LogP contribution in [0, 0.1) is 11.3 Å². The van der Waals surface area contributed by atoms with Crippen LogP contribution in [0.5, 0.6) is 0 Å². The number of nitrogens with zero attached hydrogens (tertiary/aromatic N) is 3. The second-order valence-corrected chi connectivity index (χ2v) is 5.10. The van der Waals surface area contributed by atoms with E-state index in [1.807, 2.05) is 6.07 Å². The first-order chi connectivity index (χ1) is 11.2. The Morgan fingerprint density at radius 2 is 1.65 bits per heavy atom. The molecular weight excluding hydrogens is 314 g/mol. The first kappa shape index (κ1) is 14.8. The van der Waals surface area contributed by atoms with Gasteiger partial charge in [-0.1, -0.05) is 23.7 Å². The highest BCUT2D eigenvalue weighted by Gasteiger charge is 2.11. The summed E-state index contributed by atoms with van der Waals surface area (Å²) < 4.78 is 0.